The van der Waals surface area contributed by atoms with Crippen LogP contribution in [0.1, 0.15) is 13.8 Å². The van der Waals surface area contributed by atoms with Crippen LogP contribution in [-0.4, -0.2) is 30.2 Å². The maximum absolute atomic E-state index is 11.3. The summed E-state index contributed by atoms with van der Waals surface area (Å²) in [4.78, 5) is 16.3. The molecule has 1 saturated heterocycles. The van der Waals surface area contributed by atoms with Crippen LogP contribution in [0.3, 0.4) is 0 Å². The van der Waals surface area contributed by atoms with Gasteiger partial charge in [-0.15, -0.1) is 11.8 Å². The van der Waals surface area contributed by atoms with Crippen LogP contribution < -0.4 is 10.8 Å². The molecule has 0 bridgehead atoms. The summed E-state index contributed by atoms with van der Waals surface area (Å²) < 4.78 is 0. The van der Waals surface area contributed by atoms with Crippen molar-refractivity contribution in [2.24, 2.45) is 5.92 Å². The van der Waals surface area contributed by atoms with Gasteiger partial charge in [-0.05, 0) is 5.92 Å². The molecule has 76 valence electrons. The molecular weight excluding hydrogens is 188 g/mol. The zero-order valence-corrected chi connectivity index (χ0v) is 8.82. The lowest BCUT2D eigenvalue weighted by atomic mass is 10.2. The van der Waals surface area contributed by atoms with Gasteiger partial charge >= 0.3 is 0 Å². The van der Waals surface area contributed by atoms with E-state index in [1.807, 2.05) is 13.8 Å². The van der Waals surface area contributed by atoms with Crippen molar-refractivity contribution in [1.82, 2.24) is 10.8 Å². The molecule has 1 atom stereocenters. The molecule has 13 heavy (non-hydrogen) atoms. The molecule has 0 aliphatic carbocycles. The average Bonchev–Trinajstić information content (AvgIpc) is 2.55. The minimum Gasteiger partial charge on any atom is -0.296 e. The van der Waals surface area contributed by atoms with Gasteiger partial charge in [-0.25, -0.2) is 5.48 Å². The Labute approximate surface area is 82.7 Å². The van der Waals surface area contributed by atoms with Crippen LogP contribution >= 0.6 is 11.8 Å². The third-order valence-corrected chi connectivity index (χ3v) is 2.56. The summed E-state index contributed by atoms with van der Waals surface area (Å²) in [6, 6.07) is -0.0860. The second kappa shape index (κ2) is 5.47. The van der Waals surface area contributed by atoms with Crippen molar-refractivity contribution < 1.29 is 9.63 Å². The number of amides is 1. The van der Waals surface area contributed by atoms with Crippen molar-refractivity contribution in [2.45, 2.75) is 19.9 Å². The number of thioether (sulfide) groups is 1. The highest BCUT2D eigenvalue weighted by Gasteiger charge is 2.22. The van der Waals surface area contributed by atoms with E-state index in [0.717, 1.165) is 11.6 Å². The number of rotatable bonds is 4. The lowest BCUT2D eigenvalue weighted by Crippen LogP contribution is -2.42. The maximum Gasteiger partial charge on any atom is 0.261 e. The van der Waals surface area contributed by atoms with E-state index >= 15 is 0 Å². The molecule has 0 radical (unpaired) electrons. The van der Waals surface area contributed by atoms with E-state index in [1.165, 1.54) is 0 Å². The van der Waals surface area contributed by atoms with Crippen LogP contribution in [-0.2, 0) is 9.63 Å². The van der Waals surface area contributed by atoms with Crippen LogP contribution in [0.25, 0.3) is 0 Å². The number of hydrogen-bond donors (Lipinski definition) is 2. The Kier molecular flexibility index (Phi) is 4.55. The molecule has 1 aliphatic rings. The first-order chi connectivity index (χ1) is 6.20. The monoisotopic (exact) mass is 204 g/mol. The molecular formula is C8H16N2O2S. The SMILES string of the molecule is CC(C)CONC(=O)C1CSCN1. The van der Waals surface area contributed by atoms with E-state index in [4.69, 9.17) is 4.84 Å². The molecule has 1 rings (SSSR count). The fourth-order valence-electron chi connectivity index (χ4n) is 0.914. The summed E-state index contributed by atoms with van der Waals surface area (Å²) in [6.45, 7) is 4.64. The normalized spacial score (nSPS) is 22.2. The van der Waals surface area contributed by atoms with E-state index in [-0.39, 0.29) is 11.9 Å². The third-order valence-electron chi connectivity index (χ3n) is 1.62. The summed E-state index contributed by atoms with van der Waals surface area (Å²) in [7, 11) is 0. The molecule has 5 heteroatoms. The largest absolute Gasteiger partial charge is 0.296 e. The van der Waals surface area contributed by atoms with Gasteiger partial charge in [0.15, 0.2) is 0 Å². The molecule has 0 aromatic carbocycles. The first-order valence-corrected chi connectivity index (χ1v) is 5.58. The number of nitrogens with one attached hydrogen (secondary N) is 2. The van der Waals surface area contributed by atoms with Gasteiger partial charge in [0, 0.05) is 11.6 Å². The Morgan fingerprint density at radius 1 is 1.77 bits per heavy atom. The van der Waals surface area contributed by atoms with Gasteiger partial charge in [0.2, 0.25) is 0 Å². The number of hydrogen-bond acceptors (Lipinski definition) is 4. The van der Waals surface area contributed by atoms with Crippen LogP contribution in [0.5, 0.6) is 0 Å². The minimum atomic E-state index is -0.0860. The Morgan fingerprint density at radius 2 is 2.54 bits per heavy atom. The van der Waals surface area contributed by atoms with Crippen LogP contribution in [0.2, 0.25) is 0 Å². The second-order valence-corrected chi connectivity index (χ2v) is 4.47. The maximum atomic E-state index is 11.3. The van der Waals surface area contributed by atoms with Crippen LogP contribution in [0.4, 0.5) is 0 Å². The van der Waals surface area contributed by atoms with Gasteiger partial charge in [-0.1, -0.05) is 13.8 Å². The van der Waals surface area contributed by atoms with Crippen LogP contribution in [0, 0.1) is 5.92 Å². The van der Waals surface area contributed by atoms with Crippen molar-refractivity contribution >= 4 is 17.7 Å². The van der Waals surface area contributed by atoms with E-state index in [0.29, 0.717) is 12.5 Å². The Hall–Kier alpha value is -0.260. The van der Waals surface area contributed by atoms with Crippen molar-refractivity contribution in [2.75, 3.05) is 18.2 Å². The molecule has 1 amide bonds. The molecule has 0 spiro atoms. The molecule has 0 saturated carbocycles. The van der Waals surface area contributed by atoms with Gasteiger partial charge in [-0.3, -0.25) is 14.9 Å². The van der Waals surface area contributed by atoms with Crippen molar-refractivity contribution in [3.8, 4) is 0 Å². The molecule has 1 fully saturated rings. The molecule has 0 aromatic heterocycles. The van der Waals surface area contributed by atoms with Crippen molar-refractivity contribution in [3.63, 3.8) is 0 Å². The number of carbonyl (C=O) groups excluding carboxylic acids is 1. The Bertz CT molecular complexity index is 170. The topological polar surface area (TPSA) is 50.4 Å². The standard InChI is InChI=1S/C8H16N2O2S/c1-6(2)3-12-10-8(11)7-4-13-5-9-7/h6-7,9H,3-5H2,1-2H3,(H,10,11). The highest BCUT2D eigenvalue weighted by Crippen LogP contribution is 2.09. The van der Waals surface area contributed by atoms with Gasteiger partial charge in [0.05, 0.1) is 12.6 Å². The summed E-state index contributed by atoms with van der Waals surface area (Å²) in [5, 5.41) is 3.07. The summed E-state index contributed by atoms with van der Waals surface area (Å²) >= 11 is 1.72. The predicted octanol–water partition coefficient (Wildman–Crippen LogP) is 0.353. The summed E-state index contributed by atoms with van der Waals surface area (Å²) in [6.07, 6.45) is 0. The first kappa shape index (κ1) is 10.8. The van der Waals surface area contributed by atoms with Gasteiger partial charge in [0.1, 0.15) is 0 Å². The fraction of sp³-hybridized carbons (Fsp3) is 0.875. The zero-order valence-electron chi connectivity index (χ0n) is 8.00. The number of hydroxylamine groups is 1. The predicted molar refractivity (Wildman–Crippen MR) is 53.2 cm³/mol. The quantitative estimate of drug-likeness (QED) is 0.649. The Balaban J connectivity index is 2.10. The third kappa shape index (κ3) is 3.97. The molecule has 1 heterocycles. The molecule has 0 aromatic rings. The second-order valence-electron chi connectivity index (χ2n) is 3.44. The van der Waals surface area contributed by atoms with Crippen molar-refractivity contribution in [3.05, 3.63) is 0 Å². The molecule has 1 aliphatic heterocycles. The van der Waals surface area contributed by atoms with Gasteiger partial charge < -0.3 is 0 Å². The zero-order chi connectivity index (χ0) is 9.68. The summed E-state index contributed by atoms with van der Waals surface area (Å²) in [5.74, 6) is 2.05. The Morgan fingerprint density at radius 3 is 3.08 bits per heavy atom. The highest BCUT2D eigenvalue weighted by molar-refractivity contribution is 7.99. The van der Waals surface area contributed by atoms with E-state index in [9.17, 15) is 4.79 Å². The van der Waals surface area contributed by atoms with Gasteiger partial charge in [-0.2, -0.15) is 0 Å². The van der Waals surface area contributed by atoms with E-state index in [2.05, 4.69) is 10.8 Å². The highest BCUT2D eigenvalue weighted by atomic mass is 32.2. The fourth-order valence-corrected chi connectivity index (χ4v) is 1.86. The lowest BCUT2D eigenvalue weighted by Gasteiger charge is -2.11. The van der Waals surface area contributed by atoms with E-state index < -0.39 is 0 Å². The molecule has 2 N–H and O–H groups in total. The lowest BCUT2D eigenvalue weighted by molar-refractivity contribution is -0.135. The molecule has 1 unspecified atom stereocenters. The van der Waals surface area contributed by atoms with Crippen LogP contribution in [0.15, 0.2) is 0 Å². The first-order valence-electron chi connectivity index (χ1n) is 4.43. The average molecular weight is 204 g/mol. The van der Waals surface area contributed by atoms with Gasteiger partial charge in [0.25, 0.3) is 5.91 Å². The number of carbonyl (C=O) groups is 1. The smallest absolute Gasteiger partial charge is 0.261 e. The summed E-state index contributed by atoms with van der Waals surface area (Å²) in [5.41, 5.74) is 2.44. The van der Waals surface area contributed by atoms with Crippen molar-refractivity contribution in [1.29, 1.82) is 0 Å². The van der Waals surface area contributed by atoms with E-state index in [1.54, 1.807) is 11.8 Å². The minimum absolute atomic E-state index is 0.0642. The molecule has 4 nitrogen and oxygen atoms in total.